The van der Waals surface area contributed by atoms with E-state index in [4.69, 9.17) is 0 Å². The number of imide groups is 1. The minimum Gasteiger partial charge on any atom is -0.347 e. The van der Waals surface area contributed by atoms with Crippen LogP contribution >= 0.6 is 0 Å². The summed E-state index contributed by atoms with van der Waals surface area (Å²) < 4.78 is 0. The zero-order valence-electron chi connectivity index (χ0n) is 19.2. The Bertz CT molecular complexity index is 812. The fraction of sp³-hybridized carbons (Fsp3) is 0.792. The summed E-state index contributed by atoms with van der Waals surface area (Å²) in [5.74, 6) is 1.38. The van der Waals surface area contributed by atoms with E-state index in [1.807, 2.05) is 0 Å². The van der Waals surface area contributed by atoms with Gasteiger partial charge in [-0.05, 0) is 61.7 Å². The number of likely N-dealkylation sites (tertiary alicyclic amines) is 1. The molecule has 2 heterocycles. The SMILES string of the molecule is O=C(CC12CC3CC(CC(C3)C1)C2)NCC(=O)N1CCN(C(=O)CN2C(=O)CCC2=O)CC1. The van der Waals surface area contributed by atoms with E-state index in [2.05, 4.69) is 5.32 Å². The van der Waals surface area contributed by atoms with Crippen LogP contribution in [0, 0.1) is 23.2 Å². The number of hydrogen-bond acceptors (Lipinski definition) is 5. The first-order chi connectivity index (χ1) is 15.8. The molecular weight excluding hydrogens is 424 g/mol. The number of piperazine rings is 1. The van der Waals surface area contributed by atoms with E-state index in [1.165, 1.54) is 38.5 Å². The van der Waals surface area contributed by atoms with Gasteiger partial charge in [0.2, 0.25) is 29.5 Å². The molecule has 2 saturated heterocycles. The molecular formula is C24H34N4O5. The van der Waals surface area contributed by atoms with Gasteiger partial charge in [0.05, 0.1) is 6.54 Å². The van der Waals surface area contributed by atoms with E-state index in [1.54, 1.807) is 9.80 Å². The van der Waals surface area contributed by atoms with Crippen molar-refractivity contribution >= 4 is 29.5 Å². The first-order valence-corrected chi connectivity index (χ1v) is 12.5. The van der Waals surface area contributed by atoms with Crippen molar-refractivity contribution in [2.45, 2.75) is 57.8 Å². The number of rotatable bonds is 6. The van der Waals surface area contributed by atoms with Crippen molar-refractivity contribution in [3.05, 3.63) is 0 Å². The second-order valence-corrected chi connectivity index (χ2v) is 11.0. The van der Waals surface area contributed by atoms with Gasteiger partial charge in [-0.1, -0.05) is 0 Å². The maximum absolute atomic E-state index is 12.7. The Balaban J connectivity index is 1.04. The fourth-order valence-electron chi connectivity index (χ4n) is 7.44. The van der Waals surface area contributed by atoms with Crippen molar-refractivity contribution in [1.29, 1.82) is 0 Å². The lowest BCUT2D eigenvalue weighted by atomic mass is 9.49. The Morgan fingerprint density at radius 2 is 1.27 bits per heavy atom. The highest BCUT2D eigenvalue weighted by Gasteiger charge is 2.51. The molecule has 4 saturated carbocycles. The van der Waals surface area contributed by atoms with Crippen LogP contribution in [0.15, 0.2) is 0 Å². The normalized spacial score (nSPS) is 33.1. The predicted octanol–water partition coefficient (Wildman–Crippen LogP) is 0.529. The standard InChI is InChI=1S/C24H34N4O5/c29-19(13-24-10-16-7-17(11-24)9-18(8-16)12-24)25-14-22(32)26-3-5-27(6-4-26)23(33)15-28-20(30)1-2-21(28)31/h16-18H,1-15H2,(H,25,29). The quantitative estimate of drug-likeness (QED) is 0.585. The fourth-order valence-corrected chi connectivity index (χ4v) is 7.44. The molecule has 9 nitrogen and oxygen atoms in total. The average molecular weight is 459 g/mol. The van der Waals surface area contributed by atoms with Crippen molar-refractivity contribution in [3.63, 3.8) is 0 Å². The van der Waals surface area contributed by atoms with Gasteiger partial charge in [-0.3, -0.25) is 28.9 Å². The monoisotopic (exact) mass is 458 g/mol. The van der Waals surface area contributed by atoms with Crippen LogP contribution in [0.5, 0.6) is 0 Å². The van der Waals surface area contributed by atoms with Gasteiger partial charge < -0.3 is 15.1 Å². The lowest BCUT2D eigenvalue weighted by Gasteiger charge is -2.56. The van der Waals surface area contributed by atoms with Crippen LogP contribution in [0.1, 0.15) is 57.8 Å². The van der Waals surface area contributed by atoms with E-state index in [0.29, 0.717) is 32.6 Å². The third kappa shape index (κ3) is 4.64. The van der Waals surface area contributed by atoms with Crippen LogP contribution in [-0.4, -0.2) is 83.5 Å². The highest BCUT2D eigenvalue weighted by atomic mass is 16.2. The van der Waals surface area contributed by atoms with Crippen molar-refractivity contribution < 1.29 is 24.0 Å². The smallest absolute Gasteiger partial charge is 0.242 e. The molecule has 4 aliphatic carbocycles. The summed E-state index contributed by atoms with van der Waals surface area (Å²) >= 11 is 0. The van der Waals surface area contributed by atoms with Crippen LogP contribution in [-0.2, 0) is 24.0 Å². The maximum Gasteiger partial charge on any atom is 0.242 e. The molecule has 5 amide bonds. The van der Waals surface area contributed by atoms with Crippen molar-refractivity contribution in [2.75, 3.05) is 39.3 Å². The average Bonchev–Trinajstić information content (AvgIpc) is 3.08. The van der Waals surface area contributed by atoms with E-state index >= 15 is 0 Å². The number of nitrogens with one attached hydrogen (secondary N) is 1. The van der Waals surface area contributed by atoms with Crippen LogP contribution in [0.4, 0.5) is 0 Å². The van der Waals surface area contributed by atoms with Gasteiger partial charge in [0.15, 0.2) is 0 Å². The molecule has 6 rings (SSSR count). The van der Waals surface area contributed by atoms with E-state index in [0.717, 1.165) is 22.7 Å². The van der Waals surface area contributed by atoms with Crippen LogP contribution in [0.25, 0.3) is 0 Å². The maximum atomic E-state index is 12.7. The molecule has 0 atom stereocenters. The Morgan fingerprint density at radius 3 is 1.79 bits per heavy atom. The Morgan fingerprint density at radius 1 is 0.788 bits per heavy atom. The van der Waals surface area contributed by atoms with Gasteiger partial charge in [-0.15, -0.1) is 0 Å². The Labute approximate surface area is 194 Å². The highest BCUT2D eigenvalue weighted by Crippen LogP contribution is 2.61. The van der Waals surface area contributed by atoms with Gasteiger partial charge in [-0.2, -0.15) is 0 Å². The third-order valence-electron chi connectivity index (χ3n) is 8.57. The third-order valence-corrected chi connectivity index (χ3v) is 8.57. The van der Waals surface area contributed by atoms with Gasteiger partial charge in [0.25, 0.3) is 0 Å². The molecule has 6 fully saturated rings. The molecule has 180 valence electrons. The first kappa shape index (κ1) is 22.3. The molecule has 1 N–H and O–H groups in total. The van der Waals surface area contributed by atoms with Crippen molar-refractivity contribution in [1.82, 2.24) is 20.0 Å². The molecule has 0 radical (unpaired) electrons. The molecule has 9 heteroatoms. The summed E-state index contributed by atoms with van der Waals surface area (Å²) in [6, 6.07) is 0. The van der Waals surface area contributed by atoms with E-state index in [-0.39, 0.29) is 60.9 Å². The van der Waals surface area contributed by atoms with Gasteiger partial charge in [0, 0.05) is 45.4 Å². The Kier molecular flexibility index (Phi) is 5.91. The number of hydrogen-bond donors (Lipinski definition) is 1. The summed E-state index contributed by atoms with van der Waals surface area (Å²) in [4.78, 5) is 65.5. The minimum absolute atomic E-state index is 0.00404. The Hall–Kier alpha value is -2.45. The molecule has 0 aromatic carbocycles. The van der Waals surface area contributed by atoms with Gasteiger partial charge in [-0.25, -0.2) is 0 Å². The molecule has 6 aliphatic rings. The number of carbonyl (C=O) groups excluding carboxylic acids is 5. The molecule has 0 unspecified atom stereocenters. The summed E-state index contributed by atoms with van der Waals surface area (Å²) in [6.07, 6.45) is 8.43. The highest BCUT2D eigenvalue weighted by molar-refractivity contribution is 6.04. The predicted molar refractivity (Wildman–Crippen MR) is 117 cm³/mol. The second kappa shape index (κ2) is 8.72. The second-order valence-electron chi connectivity index (χ2n) is 11.0. The molecule has 2 aliphatic heterocycles. The van der Waals surface area contributed by atoms with Crippen LogP contribution in [0.3, 0.4) is 0 Å². The molecule has 4 bridgehead atoms. The van der Waals surface area contributed by atoms with Crippen molar-refractivity contribution in [3.8, 4) is 0 Å². The molecule has 0 aromatic heterocycles. The summed E-state index contributed by atoms with van der Waals surface area (Å²) in [5.41, 5.74) is 0.159. The summed E-state index contributed by atoms with van der Waals surface area (Å²) in [5, 5.41) is 2.85. The zero-order valence-corrected chi connectivity index (χ0v) is 19.2. The van der Waals surface area contributed by atoms with Crippen LogP contribution in [0.2, 0.25) is 0 Å². The summed E-state index contributed by atoms with van der Waals surface area (Å²) in [7, 11) is 0. The lowest BCUT2D eigenvalue weighted by molar-refractivity contribution is -0.147. The first-order valence-electron chi connectivity index (χ1n) is 12.5. The number of amides is 5. The largest absolute Gasteiger partial charge is 0.347 e. The zero-order chi connectivity index (χ0) is 23.2. The van der Waals surface area contributed by atoms with Gasteiger partial charge in [0.1, 0.15) is 6.54 Å². The number of nitrogens with zero attached hydrogens (tertiary/aromatic N) is 3. The van der Waals surface area contributed by atoms with Crippen molar-refractivity contribution in [2.24, 2.45) is 23.2 Å². The van der Waals surface area contributed by atoms with Gasteiger partial charge >= 0.3 is 0 Å². The lowest BCUT2D eigenvalue weighted by Crippen LogP contribution is -2.54. The molecule has 0 spiro atoms. The van der Waals surface area contributed by atoms with E-state index in [9.17, 15) is 24.0 Å². The molecule has 33 heavy (non-hydrogen) atoms. The summed E-state index contributed by atoms with van der Waals surface area (Å²) in [6.45, 7) is 1.28. The topological polar surface area (TPSA) is 107 Å². The van der Waals surface area contributed by atoms with Crippen LogP contribution < -0.4 is 5.32 Å². The molecule has 0 aromatic rings. The van der Waals surface area contributed by atoms with E-state index < -0.39 is 0 Å². The minimum atomic E-state index is -0.300. The number of carbonyl (C=O) groups is 5.